The number of halogens is 1. The first-order valence-corrected chi connectivity index (χ1v) is 11.1. The highest BCUT2D eigenvalue weighted by Crippen LogP contribution is 2.36. The second-order valence-electron chi connectivity index (χ2n) is 8.71. The monoisotopic (exact) mass is 471 g/mol. The maximum Gasteiger partial charge on any atom is 0.325 e. The van der Waals surface area contributed by atoms with Crippen LogP contribution in [0.3, 0.4) is 0 Å². The predicted molar refractivity (Wildman–Crippen MR) is 127 cm³/mol. The molecule has 7 nitrogen and oxygen atoms in total. The molecular formula is C25H30ClN3O4. The van der Waals surface area contributed by atoms with Crippen molar-refractivity contribution in [1.29, 1.82) is 0 Å². The quantitative estimate of drug-likeness (QED) is 0.621. The first-order valence-electron chi connectivity index (χ1n) is 11.1. The fourth-order valence-corrected chi connectivity index (χ4v) is 4.76. The van der Waals surface area contributed by atoms with Crippen LogP contribution < -0.4 is 10.6 Å². The van der Waals surface area contributed by atoms with Crippen molar-refractivity contribution in [3.05, 3.63) is 71.3 Å². The van der Waals surface area contributed by atoms with E-state index in [9.17, 15) is 19.5 Å². The lowest BCUT2D eigenvalue weighted by Crippen LogP contribution is -2.57. The van der Waals surface area contributed by atoms with Gasteiger partial charge in [-0.2, -0.15) is 0 Å². The van der Waals surface area contributed by atoms with E-state index in [0.29, 0.717) is 38.9 Å². The molecule has 1 saturated heterocycles. The molecule has 1 fully saturated rings. The molecule has 4 rings (SSSR count). The van der Waals surface area contributed by atoms with Gasteiger partial charge in [0.1, 0.15) is 6.04 Å². The number of carboxylic acid groups (broad SMARTS) is 1. The number of piperidine rings is 1. The highest BCUT2D eigenvalue weighted by molar-refractivity contribution is 5.92. The summed E-state index contributed by atoms with van der Waals surface area (Å²) in [5.74, 6) is -1.31. The van der Waals surface area contributed by atoms with Crippen LogP contribution in [0, 0.1) is 0 Å². The van der Waals surface area contributed by atoms with Crippen molar-refractivity contribution in [2.24, 2.45) is 0 Å². The summed E-state index contributed by atoms with van der Waals surface area (Å²) in [7, 11) is 0. The van der Waals surface area contributed by atoms with Gasteiger partial charge >= 0.3 is 5.97 Å². The molecule has 0 spiro atoms. The maximum atomic E-state index is 13.3. The van der Waals surface area contributed by atoms with E-state index in [1.807, 2.05) is 47.4 Å². The number of fused-ring (bicyclic) bond motifs is 1. The molecule has 2 amide bonds. The van der Waals surface area contributed by atoms with Crippen molar-refractivity contribution >= 4 is 30.2 Å². The van der Waals surface area contributed by atoms with E-state index in [2.05, 4.69) is 22.8 Å². The maximum absolute atomic E-state index is 13.3. The summed E-state index contributed by atoms with van der Waals surface area (Å²) in [6, 6.07) is 16.4. The first kappa shape index (κ1) is 24.7. The molecule has 8 heteroatoms. The van der Waals surface area contributed by atoms with Crippen molar-refractivity contribution in [2.45, 2.75) is 50.2 Å². The molecule has 33 heavy (non-hydrogen) atoms. The largest absolute Gasteiger partial charge is 0.480 e. The van der Waals surface area contributed by atoms with Gasteiger partial charge in [-0.3, -0.25) is 14.4 Å². The lowest BCUT2D eigenvalue weighted by atomic mass is 9.71. The van der Waals surface area contributed by atoms with Crippen LogP contribution in [0.25, 0.3) is 0 Å². The normalized spacial score (nSPS) is 20.0. The average molecular weight is 472 g/mol. The third-order valence-electron chi connectivity index (χ3n) is 6.79. The number of hydrogen-bond acceptors (Lipinski definition) is 4. The number of hydrogen-bond donors (Lipinski definition) is 3. The van der Waals surface area contributed by atoms with Gasteiger partial charge in [-0.25, -0.2) is 0 Å². The van der Waals surface area contributed by atoms with Crippen LogP contribution in [-0.2, 0) is 32.8 Å². The zero-order valence-electron chi connectivity index (χ0n) is 18.6. The molecule has 0 aromatic heterocycles. The fourth-order valence-electron chi connectivity index (χ4n) is 4.76. The minimum absolute atomic E-state index is 0. The van der Waals surface area contributed by atoms with Crippen LogP contribution in [0.5, 0.6) is 0 Å². The van der Waals surface area contributed by atoms with Gasteiger partial charge in [0.05, 0.1) is 11.5 Å². The van der Waals surface area contributed by atoms with Crippen LogP contribution in [-0.4, -0.2) is 53.0 Å². The molecule has 2 aromatic carbocycles. The molecule has 2 heterocycles. The number of nitrogens with one attached hydrogen (secondary N) is 2. The second kappa shape index (κ2) is 10.4. The van der Waals surface area contributed by atoms with Crippen molar-refractivity contribution in [3.63, 3.8) is 0 Å². The highest BCUT2D eigenvalue weighted by Gasteiger charge is 2.45. The number of amides is 2. The Kier molecular flexibility index (Phi) is 7.76. The zero-order valence-corrected chi connectivity index (χ0v) is 19.4. The van der Waals surface area contributed by atoms with Crippen molar-refractivity contribution in [1.82, 2.24) is 15.5 Å². The van der Waals surface area contributed by atoms with Crippen LogP contribution in [0.15, 0.2) is 54.6 Å². The molecule has 0 saturated carbocycles. The van der Waals surface area contributed by atoms with Crippen LogP contribution in [0.1, 0.15) is 36.5 Å². The average Bonchev–Trinajstić information content (AvgIpc) is 2.83. The number of benzene rings is 2. The molecule has 2 aliphatic heterocycles. The molecular weight excluding hydrogens is 442 g/mol. The Morgan fingerprint density at radius 2 is 1.64 bits per heavy atom. The summed E-state index contributed by atoms with van der Waals surface area (Å²) < 4.78 is 0. The highest BCUT2D eigenvalue weighted by atomic mass is 35.5. The summed E-state index contributed by atoms with van der Waals surface area (Å²) in [5, 5.41) is 15.2. The van der Waals surface area contributed by atoms with Gasteiger partial charge in [0.2, 0.25) is 11.8 Å². The molecule has 2 aliphatic rings. The summed E-state index contributed by atoms with van der Waals surface area (Å²) in [4.78, 5) is 39.6. The Labute approximate surface area is 200 Å². The Bertz CT molecular complexity index is 1010. The molecule has 3 N–H and O–H groups in total. The van der Waals surface area contributed by atoms with Gasteiger partial charge in [0, 0.05) is 19.6 Å². The van der Waals surface area contributed by atoms with Crippen LogP contribution >= 0.6 is 12.4 Å². The Morgan fingerprint density at radius 1 is 1.03 bits per heavy atom. The molecule has 2 atom stereocenters. The van der Waals surface area contributed by atoms with E-state index in [4.69, 9.17) is 0 Å². The van der Waals surface area contributed by atoms with E-state index in [0.717, 1.165) is 5.56 Å². The van der Waals surface area contributed by atoms with Crippen molar-refractivity contribution in [2.75, 3.05) is 13.1 Å². The van der Waals surface area contributed by atoms with Crippen LogP contribution in [0.4, 0.5) is 0 Å². The Morgan fingerprint density at radius 3 is 2.27 bits per heavy atom. The van der Waals surface area contributed by atoms with Crippen molar-refractivity contribution < 1.29 is 19.5 Å². The van der Waals surface area contributed by atoms with Gasteiger partial charge in [-0.05, 0) is 42.9 Å². The predicted octanol–water partition coefficient (Wildman–Crippen LogP) is 2.27. The van der Waals surface area contributed by atoms with Gasteiger partial charge < -0.3 is 20.6 Å². The molecule has 2 aromatic rings. The van der Waals surface area contributed by atoms with Gasteiger partial charge in [0.25, 0.3) is 0 Å². The number of aliphatic carboxylic acids is 1. The summed E-state index contributed by atoms with van der Waals surface area (Å²) in [6.45, 7) is 3.03. The molecule has 0 aliphatic carbocycles. The Hall–Kier alpha value is -2.90. The smallest absolute Gasteiger partial charge is 0.325 e. The van der Waals surface area contributed by atoms with E-state index < -0.39 is 17.4 Å². The van der Waals surface area contributed by atoms with Gasteiger partial charge in [-0.15, -0.1) is 12.4 Å². The summed E-state index contributed by atoms with van der Waals surface area (Å²) in [6.07, 6.45) is 1.56. The summed E-state index contributed by atoms with van der Waals surface area (Å²) in [5.41, 5.74) is 2.42. The number of carbonyl (C=O) groups is 3. The fraction of sp³-hybridized carbons (Fsp3) is 0.400. The van der Waals surface area contributed by atoms with Crippen LogP contribution in [0.2, 0.25) is 0 Å². The number of likely N-dealkylation sites (tertiary alicyclic amines) is 1. The minimum atomic E-state index is -1.07. The number of carboxylic acids is 1. The first-order chi connectivity index (χ1) is 15.4. The zero-order chi connectivity index (χ0) is 22.7. The van der Waals surface area contributed by atoms with E-state index in [-0.39, 0.29) is 30.3 Å². The minimum Gasteiger partial charge on any atom is -0.480 e. The van der Waals surface area contributed by atoms with E-state index in [1.165, 1.54) is 18.1 Å². The van der Waals surface area contributed by atoms with Gasteiger partial charge in [-0.1, -0.05) is 54.6 Å². The second-order valence-corrected chi connectivity index (χ2v) is 8.71. The number of rotatable bonds is 5. The Balaban J connectivity index is 0.00000306. The third-order valence-corrected chi connectivity index (χ3v) is 6.79. The lowest BCUT2D eigenvalue weighted by molar-refractivity contribution is -0.143. The number of nitrogens with zero attached hydrogens (tertiary/aromatic N) is 1. The standard InChI is InChI=1S/C25H29N3O4.ClH/c1-17(23(30)31)27-24(32)25(20-9-3-2-4-10-20)11-13-28(14-12-25)22(29)21-15-18-7-5-6-8-19(18)16-26-21;/h2-10,17,21,26H,11-16H2,1H3,(H,27,32)(H,30,31);1H/t17-,21-;/m0./s1. The van der Waals surface area contributed by atoms with Gasteiger partial charge in [0.15, 0.2) is 0 Å². The summed E-state index contributed by atoms with van der Waals surface area (Å²) >= 11 is 0. The van der Waals surface area contributed by atoms with E-state index >= 15 is 0 Å². The number of carbonyl (C=O) groups excluding carboxylic acids is 2. The molecule has 176 valence electrons. The van der Waals surface area contributed by atoms with E-state index in [1.54, 1.807) is 0 Å². The van der Waals surface area contributed by atoms with Crippen molar-refractivity contribution in [3.8, 4) is 0 Å². The third kappa shape index (κ3) is 5.04. The molecule has 0 unspecified atom stereocenters. The lowest BCUT2D eigenvalue weighted by Gasteiger charge is -2.42. The topological polar surface area (TPSA) is 98.7 Å². The SMILES string of the molecule is C[C@H](NC(=O)C1(c2ccccc2)CCN(C(=O)[C@@H]2Cc3ccccc3CN2)CC1)C(=O)O.Cl. The molecule has 0 radical (unpaired) electrons. The molecule has 0 bridgehead atoms.